The van der Waals surface area contributed by atoms with Crippen LogP contribution in [0.15, 0.2) is 24.3 Å². The van der Waals surface area contributed by atoms with E-state index in [1.54, 1.807) is 19.1 Å². The smallest absolute Gasteiger partial charge is 0.422 e. The molecule has 0 heterocycles. The molecular formula is C13H16F3NO3. The molecule has 112 valence electrons. The van der Waals surface area contributed by atoms with Gasteiger partial charge in [0.1, 0.15) is 12.4 Å². The van der Waals surface area contributed by atoms with E-state index in [1.807, 2.05) is 0 Å². The summed E-state index contributed by atoms with van der Waals surface area (Å²) in [5.41, 5.74) is 0.759. The lowest BCUT2D eigenvalue weighted by molar-refractivity contribution is -0.153. The van der Waals surface area contributed by atoms with Gasteiger partial charge in [-0.2, -0.15) is 13.2 Å². The van der Waals surface area contributed by atoms with E-state index in [0.29, 0.717) is 6.61 Å². The molecule has 1 rings (SSSR count). The molecule has 4 nitrogen and oxygen atoms in total. The molecule has 7 heteroatoms. The van der Waals surface area contributed by atoms with Crippen molar-refractivity contribution in [1.82, 2.24) is 5.32 Å². The maximum atomic E-state index is 11.9. The zero-order valence-electron chi connectivity index (χ0n) is 11.0. The van der Waals surface area contributed by atoms with Gasteiger partial charge in [-0.25, -0.2) is 0 Å². The largest absolute Gasteiger partial charge is 0.484 e. The molecular weight excluding hydrogens is 275 g/mol. The first-order chi connectivity index (χ1) is 9.40. The quantitative estimate of drug-likeness (QED) is 0.838. The van der Waals surface area contributed by atoms with Gasteiger partial charge >= 0.3 is 6.18 Å². The van der Waals surface area contributed by atoms with Crippen molar-refractivity contribution in [3.05, 3.63) is 29.8 Å². The highest BCUT2D eigenvalue weighted by Gasteiger charge is 2.28. The third kappa shape index (κ3) is 6.98. The molecule has 1 aromatic carbocycles. The Kier molecular flexibility index (Phi) is 6.30. The Morgan fingerprint density at radius 1 is 1.25 bits per heavy atom. The molecule has 0 aromatic heterocycles. The van der Waals surface area contributed by atoms with Crippen LogP contribution >= 0.6 is 0 Å². The maximum Gasteiger partial charge on any atom is 0.422 e. The van der Waals surface area contributed by atoms with Crippen LogP contribution in [-0.4, -0.2) is 31.9 Å². The summed E-state index contributed by atoms with van der Waals surface area (Å²) >= 11 is 0. The molecule has 0 aliphatic rings. The predicted octanol–water partition coefficient (Wildman–Crippen LogP) is 2.28. The summed E-state index contributed by atoms with van der Waals surface area (Å²) in [7, 11) is 0. The average Bonchev–Trinajstić information content (AvgIpc) is 2.41. The molecule has 0 atom stereocenters. The second kappa shape index (κ2) is 7.74. The van der Waals surface area contributed by atoms with E-state index in [0.717, 1.165) is 5.56 Å². The van der Waals surface area contributed by atoms with Crippen LogP contribution in [0.2, 0.25) is 0 Å². The highest BCUT2D eigenvalue weighted by Crippen LogP contribution is 2.18. The summed E-state index contributed by atoms with van der Waals surface area (Å²) in [4.78, 5) is 11.3. The van der Waals surface area contributed by atoms with Crippen LogP contribution in [0, 0.1) is 0 Å². The third-order valence-corrected chi connectivity index (χ3v) is 2.25. The molecule has 1 amide bonds. The lowest BCUT2D eigenvalue weighted by Gasteiger charge is -2.10. The normalized spacial score (nSPS) is 11.2. The van der Waals surface area contributed by atoms with Crippen LogP contribution in [0.1, 0.15) is 12.5 Å². The summed E-state index contributed by atoms with van der Waals surface area (Å²) in [6.07, 6.45) is -4.36. The van der Waals surface area contributed by atoms with Crippen LogP contribution < -0.4 is 10.1 Å². The molecule has 1 N–H and O–H groups in total. The lowest BCUT2D eigenvalue weighted by Crippen LogP contribution is -2.27. The first-order valence-electron chi connectivity index (χ1n) is 6.03. The van der Waals surface area contributed by atoms with Gasteiger partial charge in [0.25, 0.3) is 0 Å². The van der Waals surface area contributed by atoms with E-state index in [9.17, 15) is 18.0 Å². The van der Waals surface area contributed by atoms with Crippen LogP contribution in [0.3, 0.4) is 0 Å². The number of ether oxygens (including phenoxy) is 2. The molecule has 0 saturated heterocycles. The zero-order chi connectivity index (χ0) is 15.0. The second-order valence-corrected chi connectivity index (χ2v) is 3.96. The number of rotatable bonds is 7. The number of amides is 1. The fourth-order valence-electron chi connectivity index (χ4n) is 1.32. The Labute approximate surface area is 114 Å². The molecule has 0 aliphatic carbocycles. The number of halogens is 3. The van der Waals surface area contributed by atoms with Gasteiger partial charge < -0.3 is 14.8 Å². The minimum absolute atomic E-state index is 0.0106. The number of benzene rings is 1. The van der Waals surface area contributed by atoms with Crippen LogP contribution in [0.25, 0.3) is 0 Å². The lowest BCUT2D eigenvalue weighted by atomic mass is 10.2. The highest BCUT2D eigenvalue weighted by atomic mass is 19.4. The van der Waals surface area contributed by atoms with Crippen molar-refractivity contribution >= 4 is 5.91 Å². The topological polar surface area (TPSA) is 47.6 Å². The first kappa shape index (κ1) is 16.3. The van der Waals surface area contributed by atoms with Crippen molar-refractivity contribution in [1.29, 1.82) is 0 Å². The summed E-state index contributed by atoms with van der Waals surface area (Å²) in [5.74, 6) is -0.115. The number of carbonyl (C=O) groups is 1. The van der Waals surface area contributed by atoms with Crippen LogP contribution in [0.5, 0.6) is 5.75 Å². The van der Waals surface area contributed by atoms with E-state index in [1.165, 1.54) is 12.1 Å². The van der Waals surface area contributed by atoms with Gasteiger partial charge in [-0.3, -0.25) is 4.79 Å². The average molecular weight is 291 g/mol. The molecule has 1 aromatic rings. The van der Waals surface area contributed by atoms with Gasteiger partial charge in [-0.15, -0.1) is 0 Å². The van der Waals surface area contributed by atoms with Crippen LogP contribution in [-0.2, 0) is 16.1 Å². The minimum Gasteiger partial charge on any atom is -0.484 e. The molecule has 0 bridgehead atoms. The molecule has 20 heavy (non-hydrogen) atoms. The summed E-state index contributed by atoms with van der Waals surface area (Å²) < 4.78 is 45.3. The van der Waals surface area contributed by atoms with Gasteiger partial charge in [-0.1, -0.05) is 12.1 Å². The van der Waals surface area contributed by atoms with Crippen LogP contribution in [0.4, 0.5) is 13.2 Å². The van der Waals surface area contributed by atoms with Crippen molar-refractivity contribution in [2.24, 2.45) is 0 Å². The fourth-order valence-corrected chi connectivity index (χ4v) is 1.32. The Hall–Kier alpha value is -1.76. The van der Waals surface area contributed by atoms with Crippen molar-refractivity contribution in [3.8, 4) is 5.75 Å². The minimum atomic E-state index is -4.36. The Morgan fingerprint density at radius 2 is 1.90 bits per heavy atom. The number of hydrogen-bond donors (Lipinski definition) is 1. The molecule has 0 saturated carbocycles. The number of alkyl halides is 3. The standard InChI is InChI=1S/C13H16F3NO3/c1-2-19-8-12(18)17-7-10-3-5-11(6-4-10)20-9-13(14,15)16/h3-6H,2,7-9H2,1H3,(H,17,18). The Balaban J connectivity index is 2.37. The van der Waals surface area contributed by atoms with E-state index >= 15 is 0 Å². The van der Waals surface area contributed by atoms with Crippen molar-refractivity contribution in [2.75, 3.05) is 19.8 Å². The molecule has 0 fully saturated rings. The number of nitrogens with one attached hydrogen (secondary N) is 1. The highest BCUT2D eigenvalue weighted by molar-refractivity contribution is 5.77. The third-order valence-electron chi connectivity index (χ3n) is 2.25. The monoisotopic (exact) mass is 291 g/mol. The molecule has 0 spiro atoms. The SMILES string of the molecule is CCOCC(=O)NCc1ccc(OCC(F)(F)F)cc1. The maximum absolute atomic E-state index is 11.9. The number of carbonyl (C=O) groups excluding carboxylic acids is 1. The van der Waals surface area contributed by atoms with Gasteiger partial charge in [-0.05, 0) is 24.6 Å². The van der Waals surface area contributed by atoms with Gasteiger partial charge in [0.15, 0.2) is 6.61 Å². The zero-order valence-corrected chi connectivity index (χ0v) is 11.0. The van der Waals surface area contributed by atoms with E-state index in [2.05, 4.69) is 10.1 Å². The summed E-state index contributed by atoms with van der Waals surface area (Å²) in [6.45, 7) is 1.19. The Morgan fingerprint density at radius 3 is 2.45 bits per heavy atom. The number of hydrogen-bond acceptors (Lipinski definition) is 3. The summed E-state index contributed by atoms with van der Waals surface area (Å²) in [5, 5.41) is 2.62. The van der Waals surface area contributed by atoms with Crippen molar-refractivity contribution < 1.29 is 27.4 Å². The van der Waals surface area contributed by atoms with Gasteiger partial charge in [0.05, 0.1) is 0 Å². The van der Waals surface area contributed by atoms with Crippen molar-refractivity contribution in [2.45, 2.75) is 19.6 Å². The Bertz CT molecular complexity index is 418. The van der Waals surface area contributed by atoms with Gasteiger partial charge in [0.2, 0.25) is 5.91 Å². The van der Waals surface area contributed by atoms with Crippen molar-refractivity contribution in [3.63, 3.8) is 0 Å². The van der Waals surface area contributed by atoms with E-state index in [-0.39, 0.29) is 24.8 Å². The van der Waals surface area contributed by atoms with E-state index in [4.69, 9.17) is 4.74 Å². The fraction of sp³-hybridized carbons (Fsp3) is 0.462. The molecule has 0 aliphatic heterocycles. The molecule has 0 unspecified atom stereocenters. The second-order valence-electron chi connectivity index (χ2n) is 3.96. The molecule has 0 radical (unpaired) electrons. The predicted molar refractivity (Wildman–Crippen MR) is 66.3 cm³/mol. The van der Waals surface area contributed by atoms with Gasteiger partial charge in [0, 0.05) is 13.2 Å². The van der Waals surface area contributed by atoms with E-state index < -0.39 is 12.8 Å². The summed E-state index contributed by atoms with van der Waals surface area (Å²) in [6, 6.07) is 6.03. The first-order valence-corrected chi connectivity index (χ1v) is 6.03.